The third-order valence-electron chi connectivity index (χ3n) is 5.21. The Kier molecular flexibility index (Phi) is 5.92. The summed E-state index contributed by atoms with van der Waals surface area (Å²) in [6, 6.07) is 6.05. The SMILES string of the molecule is COc1nc(Nc2cc(C)cc(-c3cnc([C@]4(O)CC[C@@H](O)CC4)s3)c2)ncc1Cl. The molecule has 1 aromatic carbocycles. The summed E-state index contributed by atoms with van der Waals surface area (Å²) in [5, 5.41) is 25.0. The fourth-order valence-electron chi connectivity index (χ4n) is 3.60. The van der Waals surface area contributed by atoms with Crippen molar-refractivity contribution in [1.29, 1.82) is 0 Å². The van der Waals surface area contributed by atoms with E-state index in [0.717, 1.165) is 21.7 Å². The third kappa shape index (κ3) is 4.41. The highest BCUT2D eigenvalue weighted by Crippen LogP contribution is 2.41. The summed E-state index contributed by atoms with van der Waals surface area (Å²) in [6.07, 6.45) is 5.19. The molecule has 9 heteroatoms. The highest BCUT2D eigenvalue weighted by Gasteiger charge is 2.36. The van der Waals surface area contributed by atoms with Crippen molar-refractivity contribution in [3.8, 4) is 16.3 Å². The van der Waals surface area contributed by atoms with Crippen LogP contribution in [0.5, 0.6) is 5.88 Å². The summed E-state index contributed by atoms with van der Waals surface area (Å²) in [5.41, 5.74) is 1.91. The molecule has 1 saturated carbocycles. The number of rotatable bonds is 5. The summed E-state index contributed by atoms with van der Waals surface area (Å²) in [6.45, 7) is 2.01. The maximum absolute atomic E-state index is 11.0. The van der Waals surface area contributed by atoms with Gasteiger partial charge in [0.25, 0.3) is 0 Å². The number of nitrogens with zero attached hydrogens (tertiary/aromatic N) is 3. The topological polar surface area (TPSA) is 100 Å². The van der Waals surface area contributed by atoms with E-state index >= 15 is 0 Å². The van der Waals surface area contributed by atoms with E-state index in [1.807, 2.05) is 19.1 Å². The maximum atomic E-state index is 11.0. The van der Waals surface area contributed by atoms with E-state index in [0.29, 0.717) is 47.5 Å². The number of halogens is 1. The lowest BCUT2D eigenvalue weighted by atomic mass is 9.84. The number of hydrogen-bond donors (Lipinski definition) is 3. The van der Waals surface area contributed by atoms with Crippen molar-refractivity contribution in [2.24, 2.45) is 0 Å². The van der Waals surface area contributed by atoms with Gasteiger partial charge < -0.3 is 20.3 Å². The molecule has 0 saturated heterocycles. The second-order valence-corrected chi connectivity index (χ2v) is 8.99. The number of anilines is 2. The molecule has 1 fully saturated rings. The van der Waals surface area contributed by atoms with Crippen LogP contribution in [0.2, 0.25) is 5.02 Å². The van der Waals surface area contributed by atoms with Crippen molar-refractivity contribution in [1.82, 2.24) is 15.0 Å². The standard InChI is InChI=1S/C21H23ClN4O3S/c1-12-7-13(9-14(8-12)25-20-24-10-16(22)18(26-20)29-2)17-11-23-19(30-17)21(28)5-3-15(27)4-6-21/h7-11,15,27-28H,3-6H2,1-2H3,(H,24,25,26)/t15-,21+. The van der Waals surface area contributed by atoms with Gasteiger partial charge in [0, 0.05) is 11.9 Å². The monoisotopic (exact) mass is 446 g/mol. The molecule has 2 aromatic heterocycles. The number of nitrogens with one attached hydrogen (secondary N) is 1. The van der Waals surface area contributed by atoms with Crippen molar-refractivity contribution in [2.45, 2.75) is 44.3 Å². The van der Waals surface area contributed by atoms with Crippen LogP contribution in [0, 0.1) is 6.92 Å². The molecule has 158 valence electrons. The molecule has 0 atom stereocenters. The molecule has 0 bridgehead atoms. The van der Waals surface area contributed by atoms with Crippen LogP contribution in [0.4, 0.5) is 11.6 Å². The van der Waals surface area contributed by atoms with Crippen molar-refractivity contribution < 1.29 is 14.9 Å². The average Bonchev–Trinajstić information content (AvgIpc) is 3.23. The van der Waals surface area contributed by atoms with Crippen LogP contribution in [0.15, 0.2) is 30.6 Å². The van der Waals surface area contributed by atoms with Gasteiger partial charge in [0.1, 0.15) is 15.6 Å². The van der Waals surface area contributed by atoms with Gasteiger partial charge in [-0.25, -0.2) is 9.97 Å². The summed E-state index contributed by atoms with van der Waals surface area (Å²) >= 11 is 7.48. The third-order valence-corrected chi connectivity index (χ3v) is 6.71. The summed E-state index contributed by atoms with van der Waals surface area (Å²) in [7, 11) is 1.51. The first-order valence-electron chi connectivity index (χ1n) is 9.69. The maximum Gasteiger partial charge on any atom is 0.237 e. The lowest BCUT2D eigenvalue weighted by molar-refractivity contribution is -0.0362. The van der Waals surface area contributed by atoms with E-state index in [-0.39, 0.29) is 6.10 Å². The Balaban J connectivity index is 1.59. The molecular formula is C21H23ClN4O3S. The number of ether oxygens (including phenoxy) is 1. The Bertz CT molecular complexity index is 1050. The Morgan fingerprint density at radius 1 is 1.20 bits per heavy atom. The lowest BCUT2D eigenvalue weighted by Gasteiger charge is -2.32. The molecule has 0 amide bonds. The normalized spacial score (nSPS) is 21.4. The zero-order valence-corrected chi connectivity index (χ0v) is 18.3. The number of benzene rings is 1. The molecule has 3 aromatic rings. The Morgan fingerprint density at radius 2 is 1.97 bits per heavy atom. The number of thiazole rings is 1. The van der Waals surface area contributed by atoms with Crippen molar-refractivity contribution >= 4 is 34.6 Å². The average molecular weight is 447 g/mol. The lowest BCUT2D eigenvalue weighted by Crippen LogP contribution is -2.33. The van der Waals surface area contributed by atoms with Gasteiger partial charge in [-0.05, 0) is 55.9 Å². The van der Waals surface area contributed by atoms with E-state index < -0.39 is 5.60 Å². The number of aromatic nitrogens is 3. The first kappa shape index (κ1) is 21.0. The molecule has 7 nitrogen and oxygen atoms in total. The van der Waals surface area contributed by atoms with Gasteiger partial charge in [-0.2, -0.15) is 4.98 Å². The van der Waals surface area contributed by atoms with E-state index in [4.69, 9.17) is 16.3 Å². The van der Waals surface area contributed by atoms with E-state index in [2.05, 4.69) is 26.3 Å². The van der Waals surface area contributed by atoms with Crippen LogP contribution in [0.3, 0.4) is 0 Å². The van der Waals surface area contributed by atoms with Gasteiger partial charge in [-0.3, -0.25) is 0 Å². The molecular weight excluding hydrogens is 424 g/mol. The minimum Gasteiger partial charge on any atom is -0.480 e. The molecule has 0 aliphatic heterocycles. The predicted molar refractivity (Wildman–Crippen MR) is 118 cm³/mol. The quantitative estimate of drug-likeness (QED) is 0.532. The van der Waals surface area contributed by atoms with Crippen molar-refractivity contribution in [3.63, 3.8) is 0 Å². The molecule has 30 heavy (non-hydrogen) atoms. The Hall–Kier alpha value is -2.26. The molecule has 1 aliphatic rings. The smallest absolute Gasteiger partial charge is 0.237 e. The molecule has 2 heterocycles. The van der Waals surface area contributed by atoms with E-state index in [1.165, 1.54) is 24.6 Å². The van der Waals surface area contributed by atoms with Gasteiger partial charge in [-0.15, -0.1) is 11.3 Å². The first-order chi connectivity index (χ1) is 14.4. The first-order valence-corrected chi connectivity index (χ1v) is 10.9. The summed E-state index contributed by atoms with van der Waals surface area (Å²) in [4.78, 5) is 13.9. The van der Waals surface area contributed by atoms with Crippen molar-refractivity contribution in [2.75, 3.05) is 12.4 Å². The zero-order valence-electron chi connectivity index (χ0n) is 16.7. The van der Waals surface area contributed by atoms with Crippen LogP contribution in [0.25, 0.3) is 10.4 Å². The van der Waals surface area contributed by atoms with Crippen LogP contribution in [0.1, 0.15) is 36.3 Å². The van der Waals surface area contributed by atoms with Crippen LogP contribution < -0.4 is 10.1 Å². The summed E-state index contributed by atoms with van der Waals surface area (Å²) < 4.78 is 5.15. The minimum atomic E-state index is -0.958. The van der Waals surface area contributed by atoms with Crippen LogP contribution in [-0.2, 0) is 5.60 Å². The number of aliphatic hydroxyl groups excluding tert-OH is 1. The van der Waals surface area contributed by atoms with Gasteiger partial charge in [0.05, 0.1) is 24.3 Å². The minimum absolute atomic E-state index is 0.306. The molecule has 0 spiro atoms. The number of aliphatic hydroxyl groups is 2. The molecule has 0 radical (unpaired) electrons. The van der Waals surface area contributed by atoms with Gasteiger partial charge in [0.15, 0.2) is 0 Å². The van der Waals surface area contributed by atoms with E-state index in [1.54, 1.807) is 6.20 Å². The summed E-state index contributed by atoms with van der Waals surface area (Å²) in [5.74, 6) is 0.688. The fraction of sp³-hybridized carbons (Fsp3) is 0.381. The van der Waals surface area contributed by atoms with E-state index in [9.17, 15) is 10.2 Å². The Labute approximate surface area is 183 Å². The van der Waals surface area contributed by atoms with Crippen LogP contribution in [-0.4, -0.2) is 38.4 Å². The Morgan fingerprint density at radius 3 is 2.70 bits per heavy atom. The van der Waals surface area contributed by atoms with Crippen LogP contribution >= 0.6 is 22.9 Å². The van der Waals surface area contributed by atoms with Gasteiger partial charge in [0.2, 0.25) is 11.8 Å². The van der Waals surface area contributed by atoms with Crippen molar-refractivity contribution in [3.05, 3.63) is 46.2 Å². The zero-order chi connectivity index (χ0) is 21.3. The number of methoxy groups -OCH3 is 1. The predicted octanol–water partition coefficient (Wildman–Crippen LogP) is 4.44. The highest BCUT2D eigenvalue weighted by atomic mass is 35.5. The van der Waals surface area contributed by atoms with Gasteiger partial charge in [-0.1, -0.05) is 17.7 Å². The second kappa shape index (κ2) is 8.47. The largest absolute Gasteiger partial charge is 0.480 e. The number of hydrogen-bond acceptors (Lipinski definition) is 8. The highest BCUT2D eigenvalue weighted by molar-refractivity contribution is 7.15. The molecule has 0 unspecified atom stereocenters. The van der Waals surface area contributed by atoms with Gasteiger partial charge >= 0.3 is 0 Å². The fourth-order valence-corrected chi connectivity index (χ4v) is 4.82. The molecule has 1 aliphatic carbocycles. The molecule has 3 N–H and O–H groups in total. The molecule has 4 rings (SSSR count). The second-order valence-electron chi connectivity index (χ2n) is 7.56. The number of aryl methyl sites for hydroxylation is 1.